The maximum atomic E-state index is 5.45. The summed E-state index contributed by atoms with van der Waals surface area (Å²) in [4.78, 5) is 2.62. The van der Waals surface area contributed by atoms with Crippen LogP contribution in [-0.4, -0.2) is 31.1 Å². The molecule has 0 radical (unpaired) electrons. The molecule has 1 fully saturated rings. The second-order valence-electron chi connectivity index (χ2n) is 4.75. The number of rotatable bonds is 7. The van der Waals surface area contributed by atoms with Gasteiger partial charge in [-0.3, -0.25) is 0 Å². The minimum absolute atomic E-state index is 0.865. The van der Waals surface area contributed by atoms with Crippen molar-refractivity contribution in [3.63, 3.8) is 0 Å². The second-order valence-corrected chi connectivity index (χ2v) is 4.75. The monoisotopic (exact) mass is 198 g/mol. The van der Waals surface area contributed by atoms with Gasteiger partial charge in [0.2, 0.25) is 0 Å². The summed E-state index contributed by atoms with van der Waals surface area (Å²) in [6.45, 7) is 7.23. The minimum Gasteiger partial charge on any atom is -0.330 e. The van der Waals surface area contributed by atoms with Crippen molar-refractivity contribution in [1.29, 1.82) is 0 Å². The summed E-state index contributed by atoms with van der Waals surface area (Å²) >= 11 is 0. The van der Waals surface area contributed by atoms with Crippen LogP contribution in [0, 0.1) is 5.92 Å². The Labute approximate surface area is 88.8 Å². The van der Waals surface area contributed by atoms with Crippen molar-refractivity contribution in [2.24, 2.45) is 11.7 Å². The number of unbranched alkanes of at least 4 members (excludes halogenated alkanes) is 4. The summed E-state index contributed by atoms with van der Waals surface area (Å²) in [7, 11) is 0. The fraction of sp³-hybridized carbons (Fsp3) is 1.00. The Balaban J connectivity index is 1.84. The van der Waals surface area contributed by atoms with E-state index < -0.39 is 0 Å². The molecular formula is C12H26N2. The number of hydrogen-bond donors (Lipinski definition) is 1. The van der Waals surface area contributed by atoms with E-state index in [2.05, 4.69) is 11.8 Å². The van der Waals surface area contributed by atoms with Gasteiger partial charge in [0.1, 0.15) is 0 Å². The minimum atomic E-state index is 0.865. The first-order valence-electron chi connectivity index (χ1n) is 6.25. The quantitative estimate of drug-likeness (QED) is 0.636. The highest BCUT2D eigenvalue weighted by atomic mass is 15.1. The van der Waals surface area contributed by atoms with Gasteiger partial charge in [-0.15, -0.1) is 0 Å². The molecule has 0 spiro atoms. The maximum absolute atomic E-state index is 5.45. The van der Waals surface area contributed by atoms with Gasteiger partial charge in [-0.1, -0.05) is 26.2 Å². The summed E-state index contributed by atoms with van der Waals surface area (Å²) in [5.41, 5.74) is 5.45. The summed E-state index contributed by atoms with van der Waals surface area (Å²) in [5.74, 6) is 0.937. The SMILES string of the molecule is CC1CCN(CCCCCCCN)C1. The molecule has 1 aliphatic heterocycles. The first-order chi connectivity index (χ1) is 6.83. The van der Waals surface area contributed by atoms with Crippen molar-refractivity contribution < 1.29 is 0 Å². The van der Waals surface area contributed by atoms with Gasteiger partial charge in [-0.05, 0) is 44.8 Å². The first kappa shape index (κ1) is 12.0. The standard InChI is InChI=1S/C12H26N2/c1-12-7-10-14(11-12)9-6-4-2-3-5-8-13/h12H,2-11,13H2,1H3. The van der Waals surface area contributed by atoms with Gasteiger partial charge >= 0.3 is 0 Å². The van der Waals surface area contributed by atoms with Crippen LogP contribution in [0.3, 0.4) is 0 Å². The van der Waals surface area contributed by atoms with Gasteiger partial charge in [0.25, 0.3) is 0 Å². The zero-order chi connectivity index (χ0) is 10.2. The first-order valence-corrected chi connectivity index (χ1v) is 6.25. The maximum Gasteiger partial charge on any atom is 0.000750 e. The highest BCUT2D eigenvalue weighted by Crippen LogP contribution is 2.15. The van der Waals surface area contributed by atoms with Crippen molar-refractivity contribution in [3.8, 4) is 0 Å². The van der Waals surface area contributed by atoms with Gasteiger partial charge in [0.15, 0.2) is 0 Å². The van der Waals surface area contributed by atoms with E-state index in [0.717, 1.165) is 12.5 Å². The molecule has 0 aromatic carbocycles. The Bertz CT molecular complexity index is 136. The van der Waals surface area contributed by atoms with E-state index in [0.29, 0.717) is 0 Å². The Kier molecular flexibility index (Phi) is 6.20. The molecule has 0 amide bonds. The van der Waals surface area contributed by atoms with Crippen LogP contribution in [0.25, 0.3) is 0 Å². The predicted octanol–water partition coefficient (Wildman–Crippen LogP) is 2.24. The number of nitrogens with zero attached hydrogens (tertiary/aromatic N) is 1. The summed E-state index contributed by atoms with van der Waals surface area (Å²) in [5, 5.41) is 0. The molecular weight excluding hydrogens is 172 g/mol. The lowest BCUT2D eigenvalue weighted by atomic mass is 10.1. The Morgan fingerprint density at radius 1 is 1.14 bits per heavy atom. The van der Waals surface area contributed by atoms with E-state index in [1.807, 2.05) is 0 Å². The van der Waals surface area contributed by atoms with Crippen LogP contribution in [0.1, 0.15) is 45.4 Å². The van der Waals surface area contributed by atoms with Crippen LogP contribution in [0.15, 0.2) is 0 Å². The van der Waals surface area contributed by atoms with Gasteiger partial charge in [0, 0.05) is 6.54 Å². The fourth-order valence-electron chi connectivity index (χ4n) is 2.24. The van der Waals surface area contributed by atoms with Gasteiger partial charge in [-0.25, -0.2) is 0 Å². The third kappa shape index (κ3) is 4.97. The average Bonchev–Trinajstić information content (AvgIpc) is 2.58. The highest BCUT2D eigenvalue weighted by molar-refractivity contribution is 4.71. The van der Waals surface area contributed by atoms with E-state index >= 15 is 0 Å². The molecule has 2 nitrogen and oxygen atoms in total. The molecule has 0 saturated carbocycles. The predicted molar refractivity (Wildman–Crippen MR) is 62.4 cm³/mol. The molecule has 1 aliphatic rings. The molecule has 0 bridgehead atoms. The topological polar surface area (TPSA) is 29.3 Å². The Hall–Kier alpha value is -0.0800. The van der Waals surface area contributed by atoms with Crippen LogP contribution in [-0.2, 0) is 0 Å². The summed E-state index contributed by atoms with van der Waals surface area (Å²) in [6.07, 6.45) is 8.10. The van der Waals surface area contributed by atoms with Crippen LogP contribution in [0.4, 0.5) is 0 Å². The lowest BCUT2D eigenvalue weighted by Crippen LogP contribution is -2.21. The van der Waals surface area contributed by atoms with Crippen molar-refractivity contribution in [1.82, 2.24) is 4.90 Å². The molecule has 1 rings (SSSR count). The van der Waals surface area contributed by atoms with Crippen LogP contribution >= 0.6 is 0 Å². The lowest BCUT2D eigenvalue weighted by Gasteiger charge is -2.14. The third-order valence-corrected chi connectivity index (χ3v) is 3.19. The highest BCUT2D eigenvalue weighted by Gasteiger charge is 2.17. The lowest BCUT2D eigenvalue weighted by molar-refractivity contribution is 0.318. The van der Waals surface area contributed by atoms with E-state index in [4.69, 9.17) is 5.73 Å². The fourth-order valence-corrected chi connectivity index (χ4v) is 2.24. The van der Waals surface area contributed by atoms with Crippen molar-refractivity contribution in [2.75, 3.05) is 26.2 Å². The van der Waals surface area contributed by atoms with Gasteiger partial charge in [-0.2, -0.15) is 0 Å². The van der Waals surface area contributed by atoms with E-state index in [9.17, 15) is 0 Å². The van der Waals surface area contributed by atoms with Crippen LogP contribution in [0.2, 0.25) is 0 Å². The summed E-state index contributed by atoms with van der Waals surface area (Å²) in [6, 6.07) is 0. The third-order valence-electron chi connectivity index (χ3n) is 3.19. The zero-order valence-corrected chi connectivity index (χ0v) is 9.67. The molecule has 1 atom stereocenters. The molecule has 0 aromatic rings. The molecule has 1 saturated heterocycles. The molecule has 2 heteroatoms. The summed E-state index contributed by atoms with van der Waals surface area (Å²) < 4.78 is 0. The Morgan fingerprint density at radius 3 is 2.50 bits per heavy atom. The van der Waals surface area contributed by atoms with Crippen molar-refractivity contribution in [3.05, 3.63) is 0 Å². The smallest absolute Gasteiger partial charge is 0.000750 e. The number of likely N-dealkylation sites (tertiary alicyclic amines) is 1. The number of hydrogen-bond acceptors (Lipinski definition) is 2. The van der Waals surface area contributed by atoms with Crippen molar-refractivity contribution >= 4 is 0 Å². The molecule has 1 unspecified atom stereocenters. The van der Waals surface area contributed by atoms with Crippen molar-refractivity contribution in [2.45, 2.75) is 45.4 Å². The van der Waals surface area contributed by atoms with Crippen LogP contribution < -0.4 is 5.73 Å². The van der Waals surface area contributed by atoms with Crippen LogP contribution in [0.5, 0.6) is 0 Å². The largest absolute Gasteiger partial charge is 0.330 e. The van der Waals surface area contributed by atoms with Gasteiger partial charge < -0.3 is 10.6 Å². The normalized spacial score (nSPS) is 23.1. The zero-order valence-electron chi connectivity index (χ0n) is 9.67. The average molecular weight is 198 g/mol. The molecule has 84 valence electrons. The molecule has 2 N–H and O–H groups in total. The van der Waals surface area contributed by atoms with E-state index in [1.54, 1.807) is 0 Å². The number of nitrogens with two attached hydrogens (primary N) is 1. The Morgan fingerprint density at radius 2 is 1.86 bits per heavy atom. The van der Waals surface area contributed by atoms with E-state index in [1.165, 1.54) is 58.2 Å². The molecule has 1 heterocycles. The molecule has 0 aliphatic carbocycles. The molecule has 14 heavy (non-hydrogen) atoms. The molecule has 0 aromatic heterocycles. The van der Waals surface area contributed by atoms with E-state index in [-0.39, 0.29) is 0 Å². The van der Waals surface area contributed by atoms with Gasteiger partial charge in [0.05, 0.1) is 0 Å². The second kappa shape index (κ2) is 7.24.